The molecule has 0 bridgehead atoms. The van der Waals surface area contributed by atoms with Gasteiger partial charge in [0, 0.05) is 19.8 Å². The van der Waals surface area contributed by atoms with Gasteiger partial charge in [-0.1, -0.05) is 0 Å². The molecule has 0 spiro atoms. The van der Waals surface area contributed by atoms with Gasteiger partial charge in [0.25, 0.3) is 0 Å². The van der Waals surface area contributed by atoms with Crippen LogP contribution < -0.4 is 5.32 Å². The Balaban J connectivity index is 1.93. The molecule has 0 unspecified atom stereocenters. The molecule has 0 aromatic heterocycles. The van der Waals surface area contributed by atoms with E-state index in [0.29, 0.717) is 6.54 Å². The number of hydrogen-bond donors (Lipinski definition) is 1. The quantitative estimate of drug-likeness (QED) is 0.493. The Morgan fingerprint density at radius 3 is 2.71 bits per heavy atom. The number of hydrogen-bond acceptors (Lipinski definition) is 4. The number of esters is 1. The fraction of sp³-hybridized carbons (Fsp3) is 0.923. The zero-order chi connectivity index (χ0) is 12.7. The molecule has 0 radical (unpaired) electrons. The summed E-state index contributed by atoms with van der Waals surface area (Å²) >= 11 is 0. The van der Waals surface area contributed by atoms with Gasteiger partial charge in [-0.25, -0.2) is 0 Å². The maximum Gasteiger partial charge on any atom is 0.312 e. The molecule has 4 heteroatoms. The lowest BCUT2D eigenvalue weighted by atomic mass is 9.94. The SMILES string of the molecule is COC(=O)C(C)(C)CNCCCOCC1CC1. The van der Waals surface area contributed by atoms with Crippen LogP contribution in [0.2, 0.25) is 0 Å². The van der Waals surface area contributed by atoms with Crippen LogP contribution in [-0.2, 0) is 14.3 Å². The highest BCUT2D eigenvalue weighted by Gasteiger charge is 2.27. The van der Waals surface area contributed by atoms with Crippen LogP contribution in [0.1, 0.15) is 33.1 Å². The summed E-state index contributed by atoms with van der Waals surface area (Å²) in [6.07, 6.45) is 3.67. The Morgan fingerprint density at radius 2 is 2.12 bits per heavy atom. The van der Waals surface area contributed by atoms with Gasteiger partial charge in [-0.05, 0) is 45.6 Å². The van der Waals surface area contributed by atoms with Crippen molar-refractivity contribution in [3.63, 3.8) is 0 Å². The summed E-state index contributed by atoms with van der Waals surface area (Å²) < 4.78 is 10.3. The third kappa shape index (κ3) is 6.03. The second-order valence-electron chi connectivity index (χ2n) is 5.42. The first kappa shape index (κ1) is 14.5. The monoisotopic (exact) mass is 243 g/mol. The first-order valence-corrected chi connectivity index (χ1v) is 6.43. The smallest absolute Gasteiger partial charge is 0.312 e. The van der Waals surface area contributed by atoms with E-state index in [1.807, 2.05) is 13.8 Å². The van der Waals surface area contributed by atoms with Crippen molar-refractivity contribution in [2.75, 3.05) is 33.4 Å². The average Bonchev–Trinajstić information content (AvgIpc) is 3.10. The number of ether oxygens (including phenoxy) is 2. The van der Waals surface area contributed by atoms with Gasteiger partial charge in [0.05, 0.1) is 12.5 Å². The maximum absolute atomic E-state index is 11.4. The van der Waals surface area contributed by atoms with Gasteiger partial charge in [0.1, 0.15) is 0 Å². The van der Waals surface area contributed by atoms with Crippen molar-refractivity contribution in [3.05, 3.63) is 0 Å². The van der Waals surface area contributed by atoms with Crippen molar-refractivity contribution in [1.82, 2.24) is 5.32 Å². The van der Waals surface area contributed by atoms with Gasteiger partial charge in [0.15, 0.2) is 0 Å². The van der Waals surface area contributed by atoms with Crippen LogP contribution in [0, 0.1) is 11.3 Å². The maximum atomic E-state index is 11.4. The lowest BCUT2D eigenvalue weighted by Gasteiger charge is -2.21. The molecule has 1 aliphatic rings. The van der Waals surface area contributed by atoms with Crippen LogP contribution in [0.3, 0.4) is 0 Å². The van der Waals surface area contributed by atoms with Gasteiger partial charge in [-0.15, -0.1) is 0 Å². The molecule has 0 aliphatic heterocycles. The third-order valence-electron chi connectivity index (χ3n) is 3.00. The predicted octanol–water partition coefficient (Wildman–Crippen LogP) is 1.59. The minimum absolute atomic E-state index is 0.171. The van der Waals surface area contributed by atoms with E-state index in [0.717, 1.165) is 32.1 Å². The van der Waals surface area contributed by atoms with E-state index in [1.165, 1.54) is 20.0 Å². The van der Waals surface area contributed by atoms with Crippen molar-refractivity contribution in [3.8, 4) is 0 Å². The second-order valence-corrected chi connectivity index (χ2v) is 5.42. The molecule has 1 aliphatic carbocycles. The van der Waals surface area contributed by atoms with Crippen LogP contribution in [0.25, 0.3) is 0 Å². The summed E-state index contributed by atoms with van der Waals surface area (Å²) in [5, 5.41) is 3.26. The highest BCUT2D eigenvalue weighted by molar-refractivity contribution is 5.75. The summed E-state index contributed by atoms with van der Waals surface area (Å²) in [6, 6.07) is 0. The summed E-state index contributed by atoms with van der Waals surface area (Å²) in [5.41, 5.74) is -0.455. The molecule has 100 valence electrons. The number of rotatable bonds is 9. The van der Waals surface area contributed by atoms with Crippen molar-refractivity contribution >= 4 is 5.97 Å². The number of carbonyl (C=O) groups is 1. The first-order valence-electron chi connectivity index (χ1n) is 6.43. The molecule has 4 nitrogen and oxygen atoms in total. The van der Waals surface area contributed by atoms with Crippen LogP contribution in [0.4, 0.5) is 0 Å². The number of nitrogens with one attached hydrogen (secondary N) is 1. The molecular formula is C13H25NO3. The zero-order valence-electron chi connectivity index (χ0n) is 11.3. The van der Waals surface area contributed by atoms with Crippen LogP contribution in [0.15, 0.2) is 0 Å². The highest BCUT2D eigenvalue weighted by Crippen LogP contribution is 2.28. The summed E-state index contributed by atoms with van der Waals surface area (Å²) in [4.78, 5) is 11.4. The topological polar surface area (TPSA) is 47.6 Å². The molecule has 1 rings (SSSR count). The first-order chi connectivity index (χ1) is 8.06. The van der Waals surface area contributed by atoms with Gasteiger partial charge >= 0.3 is 5.97 Å². The van der Waals surface area contributed by atoms with Gasteiger partial charge in [-0.3, -0.25) is 4.79 Å². The van der Waals surface area contributed by atoms with Gasteiger partial charge in [-0.2, -0.15) is 0 Å². The van der Waals surface area contributed by atoms with E-state index in [-0.39, 0.29) is 5.97 Å². The van der Waals surface area contributed by atoms with Crippen LogP contribution in [-0.4, -0.2) is 39.4 Å². The Labute approximate surface area is 104 Å². The summed E-state index contributed by atoms with van der Waals surface area (Å²) in [5.74, 6) is 0.663. The number of methoxy groups -OCH3 is 1. The van der Waals surface area contributed by atoms with Crippen molar-refractivity contribution in [2.24, 2.45) is 11.3 Å². The molecular weight excluding hydrogens is 218 g/mol. The van der Waals surface area contributed by atoms with E-state index < -0.39 is 5.41 Å². The minimum Gasteiger partial charge on any atom is -0.469 e. The molecule has 0 amide bonds. The third-order valence-corrected chi connectivity index (χ3v) is 3.00. The Hall–Kier alpha value is -0.610. The standard InChI is InChI=1S/C13H25NO3/c1-13(2,12(15)16-3)10-14-7-4-8-17-9-11-5-6-11/h11,14H,4-10H2,1-3H3. The Bertz CT molecular complexity index is 237. The van der Waals surface area contributed by atoms with E-state index in [9.17, 15) is 4.79 Å². The van der Waals surface area contributed by atoms with E-state index >= 15 is 0 Å². The van der Waals surface area contributed by atoms with Gasteiger partial charge in [0.2, 0.25) is 0 Å². The van der Waals surface area contributed by atoms with Gasteiger partial charge < -0.3 is 14.8 Å². The van der Waals surface area contributed by atoms with Crippen molar-refractivity contribution in [2.45, 2.75) is 33.1 Å². The van der Waals surface area contributed by atoms with Crippen LogP contribution >= 0.6 is 0 Å². The summed E-state index contributed by atoms with van der Waals surface area (Å²) in [6.45, 7) is 7.02. The zero-order valence-corrected chi connectivity index (χ0v) is 11.3. The molecule has 0 aromatic rings. The normalized spacial score (nSPS) is 15.9. The molecule has 1 N–H and O–H groups in total. The lowest BCUT2D eigenvalue weighted by Crippen LogP contribution is -2.37. The molecule has 0 heterocycles. The molecule has 0 atom stereocenters. The minimum atomic E-state index is -0.455. The van der Waals surface area contributed by atoms with E-state index in [1.54, 1.807) is 0 Å². The molecule has 17 heavy (non-hydrogen) atoms. The highest BCUT2D eigenvalue weighted by atomic mass is 16.5. The van der Waals surface area contributed by atoms with E-state index in [4.69, 9.17) is 9.47 Å². The Kier molecular flexibility index (Phi) is 5.92. The molecule has 0 saturated heterocycles. The predicted molar refractivity (Wildman–Crippen MR) is 66.8 cm³/mol. The van der Waals surface area contributed by atoms with E-state index in [2.05, 4.69) is 5.32 Å². The van der Waals surface area contributed by atoms with Crippen molar-refractivity contribution in [1.29, 1.82) is 0 Å². The lowest BCUT2D eigenvalue weighted by molar-refractivity contribution is -0.150. The molecule has 1 fully saturated rings. The largest absolute Gasteiger partial charge is 0.469 e. The molecule has 0 aromatic carbocycles. The molecule has 1 saturated carbocycles. The van der Waals surface area contributed by atoms with Crippen molar-refractivity contribution < 1.29 is 14.3 Å². The Morgan fingerprint density at radius 1 is 1.41 bits per heavy atom. The fourth-order valence-corrected chi connectivity index (χ4v) is 1.58. The van der Waals surface area contributed by atoms with Crippen LogP contribution in [0.5, 0.6) is 0 Å². The fourth-order valence-electron chi connectivity index (χ4n) is 1.58. The summed E-state index contributed by atoms with van der Waals surface area (Å²) in [7, 11) is 1.43. The number of carbonyl (C=O) groups excluding carboxylic acids is 1. The average molecular weight is 243 g/mol. The second kappa shape index (κ2) is 6.97.